The Labute approximate surface area is 167 Å². The molecule has 0 radical (unpaired) electrons. The zero-order valence-corrected chi connectivity index (χ0v) is 16.2. The fourth-order valence-electron chi connectivity index (χ4n) is 2.70. The highest BCUT2D eigenvalue weighted by Gasteiger charge is 2.11. The average molecular weight is 389 g/mol. The minimum atomic E-state index is 0.560. The molecule has 4 rings (SSSR count). The molecule has 0 atom stereocenters. The van der Waals surface area contributed by atoms with E-state index in [9.17, 15) is 0 Å². The quantitative estimate of drug-likeness (QED) is 0.389. The van der Waals surface area contributed by atoms with E-state index in [4.69, 9.17) is 4.74 Å². The van der Waals surface area contributed by atoms with Crippen molar-refractivity contribution in [2.24, 2.45) is 10.1 Å². The molecule has 2 aromatic heterocycles. The first kappa shape index (κ1) is 18.1. The highest BCUT2D eigenvalue weighted by atomic mass is 32.1. The summed E-state index contributed by atoms with van der Waals surface area (Å²) >= 11 is 1.65. The SMILES string of the molecule is CCOc1ccc(N=C(N/N=C/c2nc3c(s2)CC=C3)c2ccccn2)cc1. The first-order valence-electron chi connectivity index (χ1n) is 9.00. The lowest BCUT2D eigenvalue weighted by molar-refractivity contribution is 0.340. The fraction of sp³-hybridized carbons (Fsp3) is 0.143. The van der Waals surface area contributed by atoms with Gasteiger partial charge in [-0.2, -0.15) is 5.10 Å². The van der Waals surface area contributed by atoms with E-state index in [1.165, 1.54) is 4.88 Å². The molecule has 140 valence electrons. The van der Waals surface area contributed by atoms with Gasteiger partial charge in [0, 0.05) is 17.5 Å². The van der Waals surface area contributed by atoms with E-state index in [1.807, 2.05) is 55.5 Å². The summed E-state index contributed by atoms with van der Waals surface area (Å²) in [5.74, 6) is 1.38. The van der Waals surface area contributed by atoms with Crippen LogP contribution in [0.1, 0.15) is 28.2 Å². The minimum Gasteiger partial charge on any atom is -0.494 e. The van der Waals surface area contributed by atoms with E-state index < -0.39 is 0 Å². The topological polar surface area (TPSA) is 71.8 Å². The van der Waals surface area contributed by atoms with Gasteiger partial charge in [-0.25, -0.2) is 9.98 Å². The van der Waals surface area contributed by atoms with Crippen molar-refractivity contribution in [3.8, 4) is 5.75 Å². The molecule has 1 aliphatic rings. The van der Waals surface area contributed by atoms with Gasteiger partial charge < -0.3 is 4.74 Å². The molecule has 0 saturated heterocycles. The lowest BCUT2D eigenvalue weighted by atomic mass is 10.3. The Morgan fingerprint density at radius 1 is 1.25 bits per heavy atom. The van der Waals surface area contributed by atoms with Crippen LogP contribution in [0.5, 0.6) is 5.75 Å². The van der Waals surface area contributed by atoms with Crippen LogP contribution in [0.4, 0.5) is 5.69 Å². The maximum absolute atomic E-state index is 5.48. The number of ether oxygens (including phenoxy) is 1. The number of pyridine rings is 1. The van der Waals surface area contributed by atoms with Gasteiger partial charge >= 0.3 is 0 Å². The first-order chi connectivity index (χ1) is 13.8. The van der Waals surface area contributed by atoms with E-state index in [0.29, 0.717) is 18.1 Å². The van der Waals surface area contributed by atoms with Gasteiger partial charge in [0.05, 0.1) is 24.2 Å². The van der Waals surface area contributed by atoms with Crippen LogP contribution in [0.15, 0.2) is 64.8 Å². The maximum Gasteiger partial charge on any atom is 0.172 e. The van der Waals surface area contributed by atoms with Crippen LogP contribution in [0.2, 0.25) is 0 Å². The number of amidine groups is 1. The van der Waals surface area contributed by atoms with Gasteiger partial charge in [0.1, 0.15) is 16.5 Å². The summed E-state index contributed by atoms with van der Waals surface area (Å²) < 4.78 is 5.48. The van der Waals surface area contributed by atoms with Crippen LogP contribution in [0.3, 0.4) is 0 Å². The van der Waals surface area contributed by atoms with Crippen molar-refractivity contribution >= 4 is 35.2 Å². The Balaban J connectivity index is 1.54. The Morgan fingerprint density at radius 2 is 2.14 bits per heavy atom. The molecule has 0 aliphatic heterocycles. The number of benzene rings is 1. The Bertz CT molecular complexity index is 1020. The molecule has 7 heteroatoms. The number of thiazole rings is 1. The minimum absolute atomic E-state index is 0.560. The molecular formula is C21H19N5OS. The lowest BCUT2D eigenvalue weighted by Gasteiger charge is -2.06. The summed E-state index contributed by atoms with van der Waals surface area (Å²) in [7, 11) is 0. The normalized spacial score (nSPS) is 13.1. The van der Waals surface area contributed by atoms with Crippen molar-refractivity contribution in [1.29, 1.82) is 0 Å². The standard InChI is InChI=1S/C21H19N5OS/c1-2-27-16-11-9-15(10-12-16)24-21(18-6-3-4-13-22-18)26-23-14-20-25-17-7-5-8-19(17)28-20/h3-7,9-14H,2,8H2,1H3,(H,24,26)/b23-14+. The van der Waals surface area contributed by atoms with Gasteiger partial charge in [-0.15, -0.1) is 11.3 Å². The zero-order valence-electron chi connectivity index (χ0n) is 15.4. The number of hydrogen-bond acceptors (Lipinski definition) is 6. The van der Waals surface area contributed by atoms with E-state index in [2.05, 4.69) is 31.6 Å². The van der Waals surface area contributed by atoms with Crippen LogP contribution in [-0.2, 0) is 6.42 Å². The number of fused-ring (bicyclic) bond motifs is 1. The second kappa shape index (κ2) is 8.58. The second-order valence-corrected chi connectivity index (χ2v) is 7.05. The van der Waals surface area contributed by atoms with Gasteiger partial charge in [0.2, 0.25) is 0 Å². The van der Waals surface area contributed by atoms with Gasteiger partial charge in [0.15, 0.2) is 5.84 Å². The summed E-state index contributed by atoms with van der Waals surface area (Å²) in [6.07, 6.45) is 8.56. The van der Waals surface area contributed by atoms with Crippen molar-refractivity contribution in [3.05, 3.63) is 76.0 Å². The van der Waals surface area contributed by atoms with Crippen molar-refractivity contribution in [1.82, 2.24) is 15.4 Å². The number of aliphatic imine (C=N–C) groups is 1. The number of hydrazone groups is 1. The number of nitrogens with one attached hydrogen (secondary N) is 1. The molecule has 0 unspecified atom stereocenters. The van der Waals surface area contributed by atoms with E-state index in [-0.39, 0.29) is 0 Å². The second-order valence-electron chi connectivity index (χ2n) is 5.94. The molecule has 0 spiro atoms. The fourth-order valence-corrected chi connectivity index (χ4v) is 3.60. The van der Waals surface area contributed by atoms with Crippen LogP contribution >= 0.6 is 11.3 Å². The summed E-state index contributed by atoms with van der Waals surface area (Å²) in [6.45, 7) is 2.59. The third-order valence-corrected chi connectivity index (χ3v) is 4.99. The Hall–Kier alpha value is -3.32. The molecule has 2 heterocycles. The Kier molecular flexibility index (Phi) is 5.53. The summed E-state index contributed by atoms with van der Waals surface area (Å²) in [4.78, 5) is 14.8. The van der Waals surface area contributed by atoms with Crippen LogP contribution in [-0.4, -0.2) is 28.6 Å². The van der Waals surface area contributed by atoms with Gasteiger partial charge in [0.25, 0.3) is 0 Å². The Morgan fingerprint density at radius 3 is 2.89 bits per heavy atom. The molecule has 28 heavy (non-hydrogen) atoms. The van der Waals surface area contributed by atoms with E-state index >= 15 is 0 Å². The molecular weight excluding hydrogens is 370 g/mol. The molecule has 6 nitrogen and oxygen atoms in total. The van der Waals surface area contributed by atoms with Gasteiger partial charge in [-0.05, 0) is 49.4 Å². The van der Waals surface area contributed by atoms with Gasteiger partial charge in [-0.3, -0.25) is 10.4 Å². The molecule has 1 aromatic carbocycles. The number of aromatic nitrogens is 2. The highest BCUT2D eigenvalue weighted by Crippen LogP contribution is 2.24. The molecule has 3 aromatic rings. The average Bonchev–Trinajstić information content (AvgIpc) is 3.31. The van der Waals surface area contributed by atoms with Crippen LogP contribution < -0.4 is 10.2 Å². The maximum atomic E-state index is 5.48. The largest absolute Gasteiger partial charge is 0.494 e. The van der Waals surface area contributed by atoms with Crippen molar-refractivity contribution in [2.45, 2.75) is 13.3 Å². The van der Waals surface area contributed by atoms with E-state index in [0.717, 1.165) is 28.6 Å². The molecule has 1 aliphatic carbocycles. The first-order valence-corrected chi connectivity index (χ1v) is 9.82. The monoisotopic (exact) mass is 389 g/mol. The molecule has 0 saturated carbocycles. The zero-order chi connectivity index (χ0) is 19.2. The highest BCUT2D eigenvalue weighted by molar-refractivity contribution is 7.13. The molecule has 0 bridgehead atoms. The van der Waals surface area contributed by atoms with Gasteiger partial charge in [-0.1, -0.05) is 12.1 Å². The van der Waals surface area contributed by atoms with Crippen molar-refractivity contribution in [2.75, 3.05) is 6.61 Å². The molecule has 1 N–H and O–H groups in total. The number of nitrogens with zero attached hydrogens (tertiary/aromatic N) is 4. The summed E-state index contributed by atoms with van der Waals surface area (Å²) in [5.41, 5.74) is 5.54. The number of rotatable bonds is 6. The van der Waals surface area contributed by atoms with Crippen molar-refractivity contribution in [3.63, 3.8) is 0 Å². The summed E-state index contributed by atoms with van der Waals surface area (Å²) in [6, 6.07) is 13.3. The van der Waals surface area contributed by atoms with Crippen LogP contribution in [0, 0.1) is 0 Å². The number of hydrogen-bond donors (Lipinski definition) is 1. The summed E-state index contributed by atoms with van der Waals surface area (Å²) in [5, 5.41) is 5.19. The smallest absolute Gasteiger partial charge is 0.172 e. The third kappa shape index (κ3) is 4.32. The van der Waals surface area contributed by atoms with Crippen molar-refractivity contribution < 1.29 is 4.74 Å². The third-order valence-electron chi connectivity index (χ3n) is 3.96. The molecule has 0 amide bonds. The molecule has 0 fully saturated rings. The lowest BCUT2D eigenvalue weighted by Crippen LogP contribution is -2.20. The van der Waals surface area contributed by atoms with Crippen LogP contribution in [0.25, 0.3) is 6.08 Å². The number of allylic oxidation sites excluding steroid dienone is 1. The predicted octanol–water partition coefficient (Wildman–Crippen LogP) is 4.21. The van der Waals surface area contributed by atoms with E-state index in [1.54, 1.807) is 23.7 Å². The predicted molar refractivity (Wildman–Crippen MR) is 114 cm³/mol.